The molecular weight excluding hydrogens is 318 g/mol. The molecule has 0 atom stereocenters. The van der Waals surface area contributed by atoms with Crippen LogP contribution >= 0.6 is 0 Å². The van der Waals surface area contributed by atoms with Gasteiger partial charge >= 0.3 is 0 Å². The summed E-state index contributed by atoms with van der Waals surface area (Å²) >= 11 is 0. The van der Waals surface area contributed by atoms with Crippen molar-refractivity contribution in [3.05, 3.63) is 48.4 Å². The van der Waals surface area contributed by atoms with Gasteiger partial charge in [0.2, 0.25) is 0 Å². The van der Waals surface area contributed by atoms with Crippen LogP contribution in [0, 0.1) is 0 Å². The second-order valence-corrected chi connectivity index (χ2v) is 5.44. The summed E-state index contributed by atoms with van der Waals surface area (Å²) in [7, 11) is 1.69. The molecule has 0 unspecified atom stereocenters. The van der Waals surface area contributed by atoms with E-state index in [1.165, 1.54) is 0 Å². The van der Waals surface area contributed by atoms with Crippen LogP contribution in [-0.2, 0) is 11.2 Å². The molecule has 0 aliphatic rings. The number of guanidine groups is 1. The van der Waals surface area contributed by atoms with Gasteiger partial charge < -0.3 is 24.5 Å². The maximum absolute atomic E-state index is 5.73. The van der Waals surface area contributed by atoms with Gasteiger partial charge in [0.25, 0.3) is 0 Å². The van der Waals surface area contributed by atoms with Gasteiger partial charge in [0.05, 0.1) is 12.9 Å². The average Bonchev–Trinajstić information content (AvgIpc) is 3.13. The number of aliphatic imine (C=N–C) groups is 1. The monoisotopic (exact) mass is 345 g/mol. The van der Waals surface area contributed by atoms with Crippen LogP contribution in [-0.4, -0.2) is 39.4 Å². The van der Waals surface area contributed by atoms with Gasteiger partial charge in [0.15, 0.2) is 5.96 Å². The fraction of sp³-hybridized carbons (Fsp3) is 0.421. The lowest BCUT2D eigenvalue weighted by Gasteiger charge is -2.12. The SMILES string of the molecule is CCNC(=NCCc1ccco1)Nc1cccc(OCCCOC)c1. The molecule has 2 aromatic rings. The molecular formula is C19H27N3O3. The minimum Gasteiger partial charge on any atom is -0.493 e. The van der Waals surface area contributed by atoms with E-state index in [9.17, 15) is 0 Å². The molecule has 6 nitrogen and oxygen atoms in total. The predicted molar refractivity (Wildman–Crippen MR) is 100 cm³/mol. The van der Waals surface area contributed by atoms with Crippen molar-refractivity contribution in [1.82, 2.24) is 5.32 Å². The summed E-state index contributed by atoms with van der Waals surface area (Å²) in [5.41, 5.74) is 0.932. The zero-order valence-electron chi connectivity index (χ0n) is 15.0. The topological polar surface area (TPSA) is 68.0 Å². The molecule has 136 valence electrons. The number of nitrogens with one attached hydrogen (secondary N) is 2. The molecule has 2 N–H and O–H groups in total. The molecule has 0 fully saturated rings. The molecule has 0 saturated heterocycles. The van der Waals surface area contributed by atoms with Crippen molar-refractivity contribution in [2.24, 2.45) is 4.99 Å². The van der Waals surface area contributed by atoms with Crippen LogP contribution in [0.4, 0.5) is 5.69 Å². The first kappa shape index (κ1) is 18.9. The summed E-state index contributed by atoms with van der Waals surface area (Å²) in [5, 5.41) is 6.55. The molecule has 2 rings (SSSR count). The molecule has 0 spiro atoms. The Bertz CT molecular complexity index is 627. The van der Waals surface area contributed by atoms with Crippen molar-refractivity contribution in [2.75, 3.05) is 38.7 Å². The maximum atomic E-state index is 5.73. The van der Waals surface area contributed by atoms with Gasteiger partial charge in [-0.15, -0.1) is 0 Å². The third-order valence-corrected chi connectivity index (χ3v) is 3.41. The molecule has 1 aromatic heterocycles. The second-order valence-electron chi connectivity index (χ2n) is 5.44. The fourth-order valence-electron chi connectivity index (χ4n) is 2.23. The molecule has 0 bridgehead atoms. The number of hydrogen-bond acceptors (Lipinski definition) is 4. The molecule has 0 amide bonds. The summed E-state index contributed by atoms with van der Waals surface area (Å²) in [4.78, 5) is 4.58. The van der Waals surface area contributed by atoms with Crippen LogP contribution in [0.2, 0.25) is 0 Å². The summed E-state index contributed by atoms with van der Waals surface area (Å²) in [6.07, 6.45) is 3.32. The highest BCUT2D eigenvalue weighted by Crippen LogP contribution is 2.17. The predicted octanol–water partition coefficient (Wildman–Crippen LogP) is 3.32. The van der Waals surface area contributed by atoms with E-state index in [0.29, 0.717) is 19.8 Å². The van der Waals surface area contributed by atoms with E-state index >= 15 is 0 Å². The Morgan fingerprint density at radius 3 is 2.88 bits per heavy atom. The number of nitrogens with zero attached hydrogens (tertiary/aromatic N) is 1. The minimum atomic E-state index is 0.634. The van der Waals surface area contributed by atoms with Gasteiger partial charge in [-0.2, -0.15) is 0 Å². The number of ether oxygens (including phenoxy) is 2. The van der Waals surface area contributed by atoms with E-state index in [1.807, 2.05) is 43.3 Å². The molecule has 1 aromatic carbocycles. The van der Waals surface area contributed by atoms with Crippen LogP contribution in [0.1, 0.15) is 19.1 Å². The lowest BCUT2D eigenvalue weighted by molar-refractivity contribution is 0.172. The van der Waals surface area contributed by atoms with Gasteiger partial charge in [-0.25, -0.2) is 0 Å². The van der Waals surface area contributed by atoms with E-state index in [0.717, 1.165) is 42.5 Å². The van der Waals surface area contributed by atoms with Crippen molar-refractivity contribution in [2.45, 2.75) is 19.8 Å². The number of rotatable bonds is 10. The van der Waals surface area contributed by atoms with Crippen molar-refractivity contribution >= 4 is 11.6 Å². The summed E-state index contributed by atoms with van der Waals surface area (Å²) < 4.78 is 16.1. The number of hydrogen-bond donors (Lipinski definition) is 2. The molecule has 25 heavy (non-hydrogen) atoms. The number of furan rings is 1. The van der Waals surface area contributed by atoms with Crippen molar-refractivity contribution < 1.29 is 13.9 Å². The highest BCUT2D eigenvalue weighted by molar-refractivity contribution is 5.93. The second kappa shape index (κ2) is 11.1. The first-order valence-corrected chi connectivity index (χ1v) is 8.61. The Balaban J connectivity index is 1.89. The maximum Gasteiger partial charge on any atom is 0.195 e. The molecule has 6 heteroatoms. The zero-order chi connectivity index (χ0) is 17.7. The van der Waals surface area contributed by atoms with Gasteiger partial charge in [-0.1, -0.05) is 6.07 Å². The van der Waals surface area contributed by atoms with Crippen LogP contribution in [0.5, 0.6) is 5.75 Å². The van der Waals surface area contributed by atoms with Crippen molar-refractivity contribution in [3.8, 4) is 5.75 Å². The van der Waals surface area contributed by atoms with E-state index < -0.39 is 0 Å². The van der Waals surface area contributed by atoms with Crippen LogP contribution in [0.3, 0.4) is 0 Å². The molecule has 0 aliphatic carbocycles. The van der Waals surface area contributed by atoms with E-state index in [1.54, 1.807) is 13.4 Å². The van der Waals surface area contributed by atoms with Crippen LogP contribution < -0.4 is 15.4 Å². The lowest BCUT2D eigenvalue weighted by atomic mass is 10.3. The Morgan fingerprint density at radius 2 is 2.12 bits per heavy atom. The Hall–Kier alpha value is -2.47. The number of benzene rings is 1. The Morgan fingerprint density at radius 1 is 1.20 bits per heavy atom. The third kappa shape index (κ3) is 7.30. The summed E-state index contributed by atoms with van der Waals surface area (Å²) in [6.45, 7) is 4.81. The van der Waals surface area contributed by atoms with Gasteiger partial charge in [-0.3, -0.25) is 4.99 Å². The van der Waals surface area contributed by atoms with E-state index in [4.69, 9.17) is 13.9 Å². The van der Waals surface area contributed by atoms with E-state index in [-0.39, 0.29) is 0 Å². The largest absolute Gasteiger partial charge is 0.493 e. The van der Waals surface area contributed by atoms with Crippen LogP contribution in [0.15, 0.2) is 52.1 Å². The van der Waals surface area contributed by atoms with Crippen molar-refractivity contribution in [1.29, 1.82) is 0 Å². The van der Waals surface area contributed by atoms with Gasteiger partial charge in [0, 0.05) is 51.4 Å². The summed E-state index contributed by atoms with van der Waals surface area (Å²) in [6, 6.07) is 11.7. The zero-order valence-corrected chi connectivity index (χ0v) is 15.0. The summed E-state index contributed by atoms with van der Waals surface area (Å²) in [5.74, 6) is 2.50. The minimum absolute atomic E-state index is 0.634. The number of methoxy groups -OCH3 is 1. The average molecular weight is 345 g/mol. The van der Waals surface area contributed by atoms with Crippen LogP contribution in [0.25, 0.3) is 0 Å². The normalized spacial score (nSPS) is 11.4. The first-order chi connectivity index (χ1) is 12.3. The van der Waals surface area contributed by atoms with Gasteiger partial charge in [0.1, 0.15) is 11.5 Å². The Labute approximate surface area is 149 Å². The smallest absolute Gasteiger partial charge is 0.195 e. The standard InChI is InChI=1S/C19H27N3O3/c1-3-20-19(21-11-10-17-9-5-13-24-17)22-16-7-4-8-18(15-16)25-14-6-12-23-2/h4-5,7-9,13,15H,3,6,10-12,14H2,1-2H3,(H2,20,21,22). The quantitative estimate of drug-likeness (QED) is 0.393. The highest BCUT2D eigenvalue weighted by Gasteiger charge is 2.02. The molecule has 0 saturated carbocycles. The highest BCUT2D eigenvalue weighted by atomic mass is 16.5. The lowest BCUT2D eigenvalue weighted by Crippen LogP contribution is -2.30. The van der Waals surface area contributed by atoms with Gasteiger partial charge in [-0.05, 0) is 31.2 Å². The fourth-order valence-corrected chi connectivity index (χ4v) is 2.23. The van der Waals surface area contributed by atoms with Crippen molar-refractivity contribution in [3.63, 3.8) is 0 Å². The molecule has 0 radical (unpaired) electrons. The molecule has 1 heterocycles. The molecule has 0 aliphatic heterocycles. The third-order valence-electron chi connectivity index (χ3n) is 3.41. The number of anilines is 1. The van der Waals surface area contributed by atoms with E-state index in [2.05, 4.69) is 15.6 Å². The first-order valence-electron chi connectivity index (χ1n) is 8.61. The Kier molecular flexibility index (Phi) is 8.41.